The summed E-state index contributed by atoms with van der Waals surface area (Å²) in [5.74, 6) is 2.90. The summed E-state index contributed by atoms with van der Waals surface area (Å²) in [6.45, 7) is 0.658. The van der Waals surface area contributed by atoms with Crippen LogP contribution in [-0.4, -0.2) is 75.6 Å². The van der Waals surface area contributed by atoms with Crippen LogP contribution in [0.25, 0.3) is 0 Å². The molecule has 0 aliphatic carbocycles. The van der Waals surface area contributed by atoms with Crippen molar-refractivity contribution in [2.45, 2.75) is 24.9 Å². The zero-order valence-electron chi connectivity index (χ0n) is 11.1. The predicted octanol–water partition coefficient (Wildman–Crippen LogP) is 1.44. The number of carboxylic acids is 1. The van der Waals surface area contributed by atoms with Gasteiger partial charge in [0.2, 0.25) is 0 Å². The summed E-state index contributed by atoms with van der Waals surface area (Å²) in [5.41, 5.74) is 0. The number of hydrogen-bond donors (Lipinski definition) is 1. The smallest absolute Gasteiger partial charge is 0.320 e. The van der Waals surface area contributed by atoms with Gasteiger partial charge in [-0.1, -0.05) is 0 Å². The van der Waals surface area contributed by atoms with Crippen molar-refractivity contribution in [3.63, 3.8) is 0 Å². The van der Waals surface area contributed by atoms with Gasteiger partial charge in [-0.15, -0.1) is 0 Å². The molecule has 2 rings (SSSR count). The molecule has 1 N–H and O–H groups in total. The van der Waals surface area contributed by atoms with Gasteiger partial charge in [-0.2, -0.15) is 23.5 Å². The third-order valence-corrected chi connectivity index (χ3v) is 5.88. The second-order valence-corrected chi connectivity index (χ2v) is 7.23. The minimum absolute atomic E-state index is 0.000880. The number of carbonyl (C=O) groups is 2. The molecule has 7 heteroatoms. The van der Waals surface area contributed by atoms with E-state index in [1.54, 1.807) is 16.7 Å². The first-order valence-electron chi connectivity index (χ1n) is 6.50. The van der Waals surface area contributed by atoms with E-state index in [4.69, 9.17) is 5.11 Å². The summed E-state index contributed by atoms with van der Waals surface area (Å²) >= 11 is 3.61. The van der Waals surface area contributed by atoms with Gasteiger partial charge in [-0.3, -0.25) is 4.79 Å². The molecule has 0 radical (unpaired) electrons. The highest BCUT2D eigenvalue weighted by Gasteiger charge is 2.33. The second-order valence-electron chi connectivity index (χ2n) is 4.93. The van der Waals surface area contributed by atoms with Crippen LogP contribution < -0.4 is 0 Å². The zero-order chi connectivity index (χ0) is 13.8. The van der Waals surface area contributed by atoms with Crippen LogP contribution in [0.5, 0.6) is 0 Å². The van der Waals surface area contributed by atoms with Crippen LogP contribution in [0.1, 0.15) is 12.8 Å². The van der Waals surface area contributed by atoms with Crippen molar-refractivity contribution in [1.29, 1.82) is 0 Å². The summed E-state index contributed by atoms with van der Waals surface area (Å²) in [6.07, 6.45) is 1.09. The molecule has 2 amide bonds. The SMILES string of the molecule is CN(C(=O)N1CCSCC1CC(=O)O)C1CCSC1. The summed E-state index contributed by atoms with van der Waals surface area (Å²) in [7, 11) is 1.85. The van der Waals surface area contributed by atoms with Crippen LogP contribution >= 0.6 is 23.5 Å². The summed E-state index contributed by atoms with van der Waals surface area (Å²) in [6, 6.07) is 0.136. The van der Waals surface area contributed by atoms with Crippen LogP contribution in [0.2, 0.25) is 0 Å². The van der Waals surface area contributed by atoms with E-state index in [1.165, 1.54) is 0 Å². The average Bonchev–Trinajstić information content (AvgIpc) is 2.91. The molecule has 2 saturated heterocycles. The van der Waals surface area contributed by atoms with E-state index in [9.17, 15) is 9.59 Å². The maximum Gasteiger partial charge on any atom is 0.320 e. The molecule has 108 valence electrons. The molecule has 0 spiro atoms. The molecular formula is C12H20N2O3S2. The van der Waals surface area contributed by atoms with E-state index in [0.717, 1.165) is 29.4 Å². The minimum Gasteiger partial charge on any atom is -0.481 e. The van der Waals surface area contributed by atoms with Crippen LogP contribution in [0.15, 0.2) is 0 Å². The third kappa shape index (κ3) is 3.72. The molecule has 0 aromatic heterocycles. The monoisotopic (exact) mass is 304 g/mol. The predicted molar refractivity (Wildman–Crippen MR) is 79.0 cm³/mol. The Morgan fingerprint density at radius 1 is 1.32 bits per heavy atom. The van der Waals surface area contributed by atoms with Crippen LogP contribution in [0.3, 0.4) is 0 Å². The molecule has 0 aromatic rings. The number of carbonyl (C=O) groups excluding carboxylic acids is 1. The minimum atomic E-state index is -0.829. The van der Waals surface area contributed by atoms with Crippen molar-refractivity contribution in [2.75, 3.05) is 36.6 Å². The molecule has 2 aliphatic heterocycles. The van der Waals surface area contributed by atoms with Crippen molar-refractivity contribution >= 4 is 35.5 Å². The van der Waals surface area contributed by atoms with Gasteiger partial charge in [-0.05, 0) is 12.2 Å². The number of carboxylic acid groups (broad SMARTS) is 1. The van der Waals surface area contributed by atoms with Crippen LogP contribution in [0, 0.1) is 0 Å². The fourth-order valence-electron chi connectivity index (χ4n) is 2.46. The molecule has 19 heavy (non-hydrogen) atoms. The Bertz CT molecular complexity index is 348. The van der Waals surface area contributed by atoms with Gasteiger partial charge in [-0.25, -0.2) is 4.79 Å². The van der Waals surface area contributed by atoms with Gasteiger partial charge in [0.1, 0.15) is 0 Å². The van der Waals surface area contributed by atoms with Crippen molar-refractivity contribution in [3.8, 4) is 0 Å². The quantitative estimate of drug-likeness (QED) is 0.855. The Morgan fingerprint density at radius 3 is 2.68 bits per heavy atom. The van der Waals surface area contributed by atoms with E-state index >= 15 is 0 Å². The molecule has 2 aliphatic rings. The largest absolute Gasteiger partial charge is 0.481 e. The molecule has 0 aromatic carbocycles. The van der Waals surface area contributed by atoms with Gasteiger partial charge in [0.15, 0.2) is 0 Å². The maximum atomic E-state index is 12.5. The molecule has 2 fully saturated rings. The number of nitrogens with zero attached hydrogens (tertiary/aromatic N) is 2. The van der Waals surface area contributed by atoms with Gasteiger partial charge in [0.25, 0.3) is 0 Å². The Morgan fingerprint density at radius 2 is 2.05 bits per heavy atom. The van der Waals surface area contributed by atoms with Crippen LogP contribution in [-0.2, 0) is 4.79 Å². The summed E-state index contributed by atoms with van der Waals surface area (Å²) in [4.78, 5) is 27.0. The number of rotatable bonds is 3. The van der Waals surface area contributed by atoms with Crippen LogP contribution in [0.4, 0.5) is 4.79 Å². The number of urea groups is 1. The maximum absolute atomic E-state index is 12.5. The highest BCUT2D eigenvalue weighted by molar-refractivity contribution is 7.99. The first kappa shape index (κ1) is 14.8. The molecule has 2 atom stereocenters. The third-order valence-electron chi connectivity index (χ3n) is 3.64. The Labute approximate surface area is 122 Å². The number of amides is 2. The lowest BCUT2D eigenvalue weighted by molar-refractivity contribution is -0.138. The fourth-order valence-corrected chi connectivity index (χ4v) is 4.79. The lowest BCUT2D eigenvalue weighted by atomic mass is 10.2. The number of thioether (sulfide) groups is 2. The molecule has 2 heterocycles. The zero-order valence-corrected chi connectivity index (χ0v) is 12.7. The van der Waals surface area contributed by atoms with Gasteiger partial charge < -0.3 is 14.9 Å². The Hall–Kier alpha value is -0.560. The molecule has 0 saturated carbocycles. The Balaban J connectivity index is 1.99. The molecule has 5 nitrogen and oxygen atoms in total. The van der Waals surface area contributed by atoms with Gasteiger partial charge >= 0.3 is 12.0 Å². The highest BCUT2D eigenvalue weighted by Crippen LogP contribution is 2.25. The fraction of sp³-hybridized carbons (Fsp3) is 0.833. The van der Waals surface area contributed by atoms with Crippen molar-refractivity contribution < 1.29 is 14.7 Å². The number of hydrogen-bond acceptors (Lipinski definition) is 4. The molecule has 0 bridgehead atoms. The first-order chi connectivity index (χ1) is 9.09. The van der Waals surface area contributed by atoms with Crippen molar-refractivity contribution in [1.82, 2.24) is 9.80 Å². The number of aliphatic carboxylic acids is 1. The lowest BCUT2D eigenvalue weighted by Crippen LogP contribution is -2.53. The molecular weight excluding hydrogens is 284 g/mol. The van der Waals surface area contributed by atoms with E-state index in [2.05, 4.69) is 0 Å². The van der Waals surface area contributed by atoms with Gasteiger partial charge in [0.05, 0.1) is 12.5 Å². The second kappa shape index (κ2) is 6.74. The van der Waals surface area contributed by atoms with Crippen molar-refractivity contribution in [3.05, 3.63) is 0 Å². The topological polar surface area (TPSA) is 60.9 Å². The summed E-state index contributed by atoms with van der Waals surface area (Å²) in [5, 5.41) is 8.95. The first-order valence-corrected chi connectivity index (χ1v) is 8.81. The lowest BCUT2D eigenvalue weighted by Gasteiger charge is -2.38. The normalized spacial score (nSPS) is 27.3. The van der Waals surface area contributed by atoms with Crippen molar-refractivity contribution in [2.24, 2.45) is 0 Å². The summed E-state index contributed by atoms with van der Waals surface area (Å²) < 4.78 is 0. The highest BCUT2D eigenvalue weighted by atomic mass is 32.2. The van der Waals surface area contributed by atoms with E-state index in [-0.39, 0.29) is 18.5 Å². The van der Waals surface area contributed by atoms with E-state index < -0.39 is 5.97 Å². The van der Waals surface area contributed by atoms with E-state index in [1.807, 2.05) is 23.7 Å². The standard InChI is InChI=1S/C12H20N2O3S2/c1-13(9-2-4-18-7-9)12(17)14-3-5-19-8-10(14)6-11(15)16/h9-10H,2-8H2,1H3,(H,15,16). The molecule has 2 unspecified atom stereocenters. The average molecular weight is 304 g/mol. The van der Waals surface area contributed by atoms with E-state index in [0.29, 0.717) is 12.6 Å². The Kier molecular flexibility index (Phi) is 5.27. The van der Waals surface area contributed by atoms with Gasteiger partial charge in [0, 0.05) is 36.9 Å².